The molecular formula is C19H23ClN4O. The summed E-state index contributed by atoms with van der Waals surface area (Å²) in [4.78, 5) is 15.1. The van der Waals surface area contributed by atoms with Crippen LogP contribution in [0.15, 0.2) is 24.3 Å². The molecule has 25 heavy (non-hydrogen) atoms. The van der Waals surface area contributed by atoms with Gasteiger partial charge in [-0.1, -0.05) is 37.1 Å². The summed E-state index contributed by atoms with van der Waals surface area (Å²) in [7, 11) is 0. The Hall–Kier alpha value is -2.01. The molecule has 2 aliphatic rings. The first-order chi connectivity index (χ1) is 12.1. The van der Waals surface area contributed by atoms with Crippen LogP contribution in [0.4, 0.5) is 5.69 Å². The number of anilines is 1. The summed E-state index contributed by atoms with van der Waals surface area (Å²) in [6, 6.07) is 7.98. The Labute approximate surface area is 153 Å². The van der Waals surface area contributed by atoms with Crippen molar-refractivity contribution in [3.8, 4) is 0 Å². The number of para-hydroxylation sites is 1. The molecule has 1 atom stereocenters. The van der Waals surface area contributed by atoms with E-state index in [2.05, 4.69) is 17.3 Å². The van der Waals surface area contributed by atoms with E-state index in [0.717, 1.165) is 54.7 Å². The number of hydrogen-bond acceptors (Lipinski definition) is 3. The molecule has 132 valence electrons. The predicted molar refractivity (Wildman–Crippen MR) is 98.9 cm³/mol. The molecule has 1 amide bonds. The van der Waals surface area contributed by atoms with Crippen molar-refractivity contribution in [2.45, 2.75) is 58.3 Å². The van der Waals surface area contributed by atoms with Crippen LogP contribution in [0.1, 0.15) is 60.4 Å². The zero-order valence-corrected chi connectivity index (χ0v) is 15.4. The molecule has 1 unspecified atom stereocenters. The molecule has 1 aromatic carbocycles. The molecule has 0 spiro atoms. The minimum atomic E-state index is -0.252. The Balaban J connectivity index is 1.76. The lowest BCUT2D eigenvalue weighted by Gasteiger charge is -2.38. The van der Waals surface area contributed by atoms with Gasteiger partial charge in [-0.15, -0.1) is 0 Å². The van der Waals surface area contributed by atoms with Gasteiger partial charge in [0.1, 0.15) is 11.3 Å². The van der Waals surface area contributed by atoms with Crippen LogP contribution >= 0.6 is 11.6 Å². The number of carbonyl (C=O) groups is 1. The van der Waals surface area contributed by atoms with Gasteiger partial charge in [0, 0.05) is 18.3 Å². The third-order valence-electron chi connectivity index (χ3n) is 5.01. The monoisotopic (exact) mass is 358 g/mol. The second-order valence-corrected chi connectivity index (χ2v) is 7.26. The van der Waals surface area contributed by atoms with E-state index < -0.39 is 0 Å². The Kier molecular flexibility index (Phi) is 4.20. The number of amides is 1. The first kappa shape index (κ1) is 16.5. The summed E-state index contributed by atoms with van der Waals surface area (Å²) in [5.74, 6) is 0.0821. The van der Waals surface area contributed by atoms with Gasteiger partial charge in [-0.25, -0.2) is 0 Å². The highest BCUT2D eigenvalue weighted by Gasteiger charge is 2.43. The number of fused-ring (bicyclic) bond motifs is 1. The lowest BCUT2D eigenvalue weighted by Crippen LogP contribution is -2.44. The predicted octanol–water partition coefficient (Wildman–Crippen LogP) is 4.37. The molecule has 4 rings (SSSR count). The summed E-state index contributed by atoms with van der Waals surface area (Å²) < 4.78 is 1.87. The Bertz CT molecular complexity index is 812. The maximum atomic E-state index is 13.1. The molecule has 0 saturated heterocycles. The van der Waals surface area contributed by atoms with E-state index in [4.69, 9.17) is 11.6 Å². The fourth-order valence-corrected chi connectivity index (χ4v) is 3.91. The summed E-state index contributed by atoms with van der Waals surface area (Å²) in [6.07, 6.45) is 3.97. The van der Waals surface area contributed by atoms with Crippen molar-refractivity contribution in [1.82, 2.24) is 14.7 Å². The number of benzene rings is 1. The molecule has 5 nitrogen and oxygen atoms in total. The Morgan fingerprint density at radius 1 is 1.32 bits per heavy atom. The van der Waals surface area contributed by atoms with E-state index in [0.29, 0.717) is 5.15 Å². The molecular weight excluding hydrogens is 336 g/mol. The van der Waals surface area contributed by atoms with E-state index in [1.165, 1.54) is 0 Å². The number of unbranched alkanes of at least 4 members (excludes halogenated alkanes) is 1. The van der Waals surface area contributed by atoms with Gasteiger partial charge in [-0.05, 0) is 38.3 Å². The van der Waals surface area contributed by atoms with E-state index >= 15 is 0 Å². The third kappa shape index (κ3) is 2.80. The SMILES string of the molecule is CCCCn1nc(C)c(C2Nc3ccccc3C(=O)N2C2CC2)c1Cl. The smallest absolute Gasteiger partial charge is 0.258 e. The normalized spacial score (nSPS) is 19.7. The van der Waals surface area contributed by atoms with Gasteiger partial charge < -0.3 is 10.2 Å². The number of nitrogens with zero attached hydrogens (tertiary/aromatic N) is 3. The maximum absolute atomic E-state index is 13.1. The van der Waals surface area contributed by atoms with Crippen LogP contribution in [0.5, 0.6) is 0 Å². The highest BCUT2D eigenvalue weighted by molar-refractivity contribution is 6.30. The van der Waals surface area contributed by atoms with E-state index in [1.807, 2.05) is 40.8 Å². The summed E-state index contributed by atoms with van der Waals surface area (Å²) in [6.45, 7) is 4.93. The third-order valence-corrected chi connectivity index (χ3v) is 5.41. The topological polar surface area (TPSA) is 50.2 Å². The van der Waals surface area contributed by atoms with Crippen LogP contribution in [0, 0.1) is 6.92 Å². The van der Waals surface area contributed by atoms with Crippen LogP contribution in [0.25, 0.3) is 0 Å². The molecule has 2 heterocycles. The highest BCUT2D eigenvalue weighted by Crippen LogP contribution is 2.43. The zero-order valence-electron chi connectivity index (χ0n) is 14.6. The minimum Gasteiger partial charge on any atom is -0.361 e. The van der Waals surface area contributed by atoms with Crippen molar-refractivity contribution in [2.75, 3.05) is 5.32 Å². The number of carbonyl (C=O) groups excluding carboxylic acids is 1. The average Bonchev–Trinajstić information content (AvgIpc) is 3.39. The largest absolute Gasteiger partial charge is 0.361 e. The van der Waals surface area contributed by atoms with Gasteiger partial charge in [-0.3, -0.25) is 9.48 Å². The van der Waals surface area contributed by atoms with E-state index in [-0.39, 0.29) is 18.1 Å². The van der Waals surface area contributed by atoms with Gasteiger partial charge in [0.05, 0.1) is 16.8 Å². The number of aromatic nitrogens is 2. The molecule has 1 aliphatic heterocycles. The minimum absolute atomic E-state index is 0.0821. The second-order valence-electron chi connectivity index (χ2n) is 6.90. The number of rotatable bonds is 5. The van der Waals surface area contributed by atoms with Gasteiger partial charge in [0.25, 0.3) is 5.91 Å². The van der Waals surface area contributed by atoms with Crippen LogP contribution in [-0.2, 0) is 6.54 Å². The van der Waals surface area contributed by atoms with Gasteiger partial charge in [-0.2, -0.15) is 5.10 Å². The van der Waals surface area contributed by atoms with Crippen molar-refractivity contribution in [1.29, 1.82) is 0 Å². The van der Waals surface area contributed by atoms with Crippen molar-refractivity contribution in [2.24, 2.45) is 0 Å². The number of aryl methyl sites for hydroxylation is 2. The van der Waals surface area contributed by atoms with E-state index in [9.17, 15) is 4.79 Å². The van der Waals surface area contributed by atoms with Crippen molar-refractivity contribution in [3.05, 3.63) is 46.2 Å². The molecule has 0 bridgehead atoms. The molecule has 6 heteroatoms. The van der Waals surface area contributed by atoms with Crippen molar-refractivity contribution in [3.63, 3.8) is 0 Å². The quantitative estimate of drug-likeness (QED) is 0.863. The van der Waals surface area contributed by atoms with Gasteiger partial charge in [0.2, 0.25) is 0 Å². The Morgan fingerprint density at radius 3 is 2.80 bits per heavy atom. The second kappa shape index (κ2) is 6.37. The molecule has 2 aromatic rings. The molecule has 1 N–H and O–H groups in total. The van der Waals surface area contributed by atoms with E-state index in [1.54, 1.807) is 0 Å². The summed E-state index contributed by atoms with van der Waals surface area (Å²) in [5.41, 5.74) is 3.41. The lowest BCUT2D eigenvalue weighted by molar-refractivity contribution is 0.0666. The zero-order chi connectivity index (χ0) is 17.6. The first-order valence-electron chi connectivity index (χ1n) is 9.02. The first-order valence-corrected chi connectivity index (χ1v) is 9.40. The van der Waals surface area contributed by atoms with Crippen LogP contribution in [-0.4, -0.2) is 26.6 Å². The van der Waals surface area contributed by atoms with Crippen molar-refractivity contribution >= 4 is 23.2 Å². The van der Waals surface area contributed by atoms with Gasteiger partial charge >= 0.3 is 0 Å². The van der Waals surface area contributed by atoms with Crippen LogP contribution in [0.3, 0.4) is 0 Å². The molecule has 1 aliphatic carbocycles. The maximum Gasteiger partial charge on any atom is 0.258 e. The molecule has 1 saturated carbocycles. The average molecular weight is 359 g/mol. The summed E-state index contributed by atoms with van der Waals surface area (Å²) >= 11 is 6.69. The number of hydrogen-bond donors (Lipinski definition) is 1. The summed E-state index contributed by atoms with van der Waals surface area (Å²) in [5, 5.41) is 8.80. The fourth-order valence-electron chi connectivity index (χ4n) is 3.54. The number of halogens is 1. The molecule has 1 aromatic heterocycles. The fraction of sp³-hybridized carbons (Fsp3) is 0.474. The molecule has 0 radical (unpaired) electrons. The van der Waals surface area contributed by atoms with Crippen LogP contribution < -0.4 is 5.32 Å². The Morgan fingerprint density at radius 2 is 2.08 bits per heavy atom. The molecule has 1 fully saturated rings. The van der Waals surface area contributed by atoms with Crippen LogP contribution in [0.2, 0.25) is 5.15 Å². The van der Waals surface area contributed by atoms with Crippen molar-refractivity contribution < 1.29 is 4.79 Å². The highest BCUT2D eigenvalue weighted by atomic mass is 35.5. The standard InChI is InChI=1S/C19H23ClN4O/c1-3-4-11-23-17(20)16(12(2)22-23)18-21-15-8-6-5-7-14(15)19(25)24(18)13-9-10-13/h5-8,13,18,21H,3-4,9-11H2,1-2H3. The number of nitrogens with one attached hydrogen (secondary N) is 1. The lowest BCUT2D eigenvalue weighted by atomic mass is 10.0. The van der Waals surface area contributed by atoms with Gasteiger partial charge in [0.15, 0.2) is 0 Å².